The van der Waals surface area contributed by atoms with Crippen molar-refractivity contribution in [3.05, 3.63) is 89.0 Å². The van der Waals surface area contributed by atoms with Crippen molar-refractivity contribution in [2.24, 2.45) is 0 Å². The quantitative estimate of drug-likeness (QED) is 0.332. The summed E-state index contributed by atoms with van der Waals surface area (Å²) >= 11 is 0. The Hall–Kier alpha value is -4.35. The molecule has 0 spiro atoms. The van der Waals surface area contributed by atoms with Crippen LogP contribution in [0.2, 0.25) is 0 Å². The normalized spacial score (nSPS) is 16.6. The summed E-state index contributed by atoms with van der Waals surface area (Å²) in [5.41, 5.74) is 5.37. The molecule has 2 amide bonds. The lowest BCUT2D eigenvalue weighted by molar-refractivity contribution is 0.0945. The maximum atomic E-state index is 12.9. The lowest BCUT2D eigenvalue weighted by atomic mass is 9.98. The molecule has 3 N–H and O–H groups in total. The van der Waals surface area contributed by atoms with E-state index in [0.29, 0.717) is 54.6 Å². The molecule has 10 nitrogen and oxygen atoms in total. The Bertz CT molecular complexity index is 1680. The number of fused-ring (bicyclic) bond motifs is 1. The Kier molecular flexibility index (Phi) is 6.91. The lowest BCUT2D eigenvalue weighted by Gasteiger charge is -2.26. The molecule has 3 heterocycles. The minimum Gasteiger partial charge on any atom is -0.352 e. The number of nitrogens with zero attached hydrogens (tertiary/aromatic N) is 3. The molecule has 1 saturated heterocycles. The Morgan fingerprint density at radius 1 is 0.975 bits per heavy atom. The molecule has 1 aromatic heterocycles. The van der Waals surface area contributed by atoms with Crippen LogP contribution < -0.4 is 10.6 Å². The highest BCUT2D eigenvalue weighted by atomic mass is 32.2. The Morgan fingerprint density at radius 2 is 1.75 bits per heavy atom. The number of benzene rings is 3. The first kappa shape index (κ1) is 25.9. The van der Waals surface area contributed by atoms with Crippen molar-refractivity contribution in [2.75, 3.05) is 36.5 Å². The smallest absolute Gasteiger partial charge is 0.255 e. The first-order chi connectivity index (χ1) is 19.3. The SMILES string of the molecule is O=C(Nc1ccc(-c2nc(-c3ccc4c(c3)C(=O)NCC4)n[nH]2)cc1)c1cccc(CN2CCS(=O)(=O)CC2)c1. The first-order valence-corrected chi connectivity index (χ1v) is 14.9. The largest absolute Gasteiger partial charge is 0.352 e. The number of H-pyrrole nitrogens is 1. The Labute approximate surface area is 231 Å². The minimum atomic E-state index is -2.93. The van der Waals surface area contributed by atoms with Gasteiger partial charge in [-0.15, -0.1) is 0 Å². The van der Waals surface area contributed by atoms with Gasteiger partial charge >= 0.3 is 0 Å². The zero-order chi connectivity index (χ0) is 27.7. The molecule has 2 aliphatic rings. The van der Waals surface area contributed by atoms with Gasteiger partial charge in [-0.3, -0.25) is 19.6 Å². The second-order valence-electron chi connectivity index (χ2n) is 10.0. The van der Waals surface area contributed by atoms with Gasteiger partial charge in [-0.1, -0.05) is 24.3 Å². The fourth-order valence-electron chi connectivity index (χ4n) is 4.96. The van der Waals surface area contributed by atoms with Crippen molar-refractivity contribution in [3.63, 3.8) is 0 Å². The van der Waals surface area contributed by atoms with E-state index in [1.54, 1.807) is 18.2 Å². The van der Waals surface area contributed by atoms with Crippen molar-refractivity contribution in [3.8, 4) is 22.8 Å². The number of hydrogen-bond acceptors (Lipinski definition) is 7. The zero-order valence-corrected chi connectivity index (χ0v) is 22.5. The molecule has 4 aromatic rings. The fraction of sp³-hybridized carbons (Fsp3) is 0.241. The van der Waals surface area contributed by atoms with Gasteiger partial charge in [0.15, 0.2) is 21.5 Å². The summed E-state index contributed by atoms with van der Waals surface area (Å²) in [7, 11) is -2.93. The van der Waals surface area contributed by atoms with Crippen LogP contribution in [-0.4, -0.2) is 71.5 Å². The summed E-state index contributed by atoms with van der Waals surface area (Å²) < 4.78 is 23.4. The molecule has 0 saturated carbocycles. The molecule has 0 aliphatic carbocycles. The summed E-state index contributed by atoms with van der Waals surface area (Å²) in [4.78, 5) is 31.8. The molecule has 0 atom stereocenters. The van der Waals surface area contributed by atoms with Crippen molar-refractivity contribution in [1.29, 1.82) is 0 Å². The number of hydrogen-bond donors (Lipinski definition) is 3. The van der Waals surface area contributed by atoms with E-state index in [0.717, 1.165) is 28.7 Å². The van der Waals surface area contributed by atoms with Crippen LogP contribution in [0.5, 0.6) is 0 Å². The van der Waals surface area contributed by atoms with Crippen LogP contribution in [0.4, 0.5) is 5.69 Å². The van der Waals surface area contributed by atoms with Gasteiger partial charge in [0.1, 0.15) is 0 Å². The second-order valence-corrected chi connectivity index (χ2v) is 12.3. The number of nitrogens with one attached hydrogen (secondary N) is 3. The summed E-state index contributed by atoms with van der Waals surface area (Å²) in [6, 6.07) is 20.4. The number of carbonyl (C=O) groups is 2. The van der Waals surface area contributed by atoms with Gasteiger partial charge in [0.25, 0.3) is 11.8 Å². The highest BCUT2D eigenvalue weighted by Gasteiger charge is 2.22. The molecular formula is C29H28N6O4S. The number of carbonyl (C=O) groups excluding carboxylic acids is 2. The number of rotatable bonds is 6. The summed E-state index contributed by atoms with van der Waals surface area (Å²) in [6.07, 6.45) is 0.807. The number of sulfone groups is 1. The zero-order valence-electron chi connectivity index (χ0n) is 21.7. The van der Waals surface area contributed by atoms with Crippen molar-refractivity contribution >= 4 is 27.3 Å². The molecule has 1 fully saturated rings. The number of amides is 2. The molecule has 11 heteroatoms. The summed E-state index contributed by atoms with van der Waals surface area (Å²) in [5, 5.41) is 13.1. The van der Waals surface area contributed by atoms with Gasteiger partial charge in [0.05, 0.1) is 11.5 Å². The van der Waals surface area contributed by atoms with Gasteiger partial charge < -0.3 is 10.6 Å². The van der Waals surface area contributed by atoms with E-state index in [1.807, 2.05) is 48.5 Å². The van der Waals surface area contributed by atoms with Crippen LogP contribution in [0.15, 0.2) is 66.7 Å². The maximum absolute atomic E-state index is 12.9. The van der Waals surface area contributed by atoms with E-state index in [-0.39, 0.29) is 23.3 Å². The third kappa shape index (κ3) is 5.65. The van der Waals surface area contributed by atoms with Gasteiger partial charge in [0.2, 0.25) is 0 Å². The van der Waals surface area contributed by atoms with Crippen molar-refractivity contribution in [1.82, 2.24) is 25.4 Å². The van der Waals surface area contributed by atoms with Crippen LogP contribution >= 0.6 is 0 Å². The van der Waals surface area contributed by atoms with E-state index >= 15 is 0 Å². The average Bonchev–Trinajstić information content (AvgIpc) is 3.45. The number of aromatic nitrogens is 3. The number of anilines is 1. The van der Waals surface area contributed by atoms with Crippen LogP contribution in [-0.2, 0) is 22.8 Å². The first-order valence-electron chi connectivity index (χ1n) is 13.1. The van der Waals surface area contributed by atoms with E-state index in [9.17, 15) is 18.0 Å². The highest BCUT2D eigenvalue weighted by Crippen LogP contribution is 2.25. The van der Waals surface area contributed by atoms with Gasteiger partial charge in [0, 0.05) is 54.1 Å². The highest BCUT2D eigenvalue weighted by molar-refractivity contribution is 7.91. The van der Waals surface area contributed by atoms with Gasteiger partial charge in [-0.25, -0.2) is 13.4 Å². The van der Waals surface area contributed by atoms with Crippen molar-refractivity contribution < 1.29 is 18.0 Å². The topological polar surface area (TPSA) is 137 Å². The molecule has 204 valence electrons. The Morgan fingerprint density at radius 3 is 2.55 bits per heavy atom. The fourth-order valence-corrected chi connectivity index (χ4v) is 6.24. The van der Waals surface area contributed by atoms with Crippen LogP contribution in [0, 0.1) is 0 Å². The van der Waals surface area contributed by atoms with Crippen LogP contribution in [0.25, 0.3) is 22.8 Å². The van der Waals surface area contributed by atoms with Crippen LogP contribution in [0.1, 0.15) is 31.8 Å². The predicted molar refractivity (Wildman–Crippen MR) is 152 cm³/mol. The molecular weight excluding hydrogens is 528 g/mol. The second kappa shape index (κ2) is 10.7. The monoisotopic (exact) mass is 556 g/mol. The Balaban J connectivity index is 1.10. The summed E-state index contributed by atoms with van der Waals surface area (Å²) in [5.74, 6) is 1.11. The predicted octanol–water partition coefficient (Wildman–Crippen LogP) is 2.91. The molecule has 40 heavy (non-hydrogen) atoms. The van der Waals surface area contributed by atoms with E-state index in [2.05, 4.69) is 30.7 Å². The number of aromatic amines is 1. The standard InChI is InChI=1S/C29H28N6O4S/c36-28(23-3-1-2-19(16-23)18-35-12-14-40(38,39)15-13-35)31-24-8-6-21(7-9-24)26-32-27(34-33-26)22-5-4-20-10-11-30-29(37)25(20)17-22/h1-9,16-17H,10-15,18H2,(H,30,37)(H,31,36)(H,32,33,34). The molecule has 0 unspecified atom stereocenters. The van der Waals surface area contributed by atoms with Gasteiger partial charge in [-0.05, 0) is 60.0 Å². The van der Waals surface area contributed by atoms with Crippen molar-refractivity contribution in [2.45, 2.75) is 13.0 Å². The molecule has 3 aromatic carbocycles. The third-order valence-electron chi connectivity index (χ3n) is 7.23. The van der Waals surface area contributed by atoms with E-state index in [4.69, 9.17) is 0 Å². The van der Waals surface area contributed by atoms with E-state index in [1.165, 1.54) is 0 Å². The van der Waals surface area contributed by atoms with E-state index < -0.39 is 9.84 Å². The molecule has 2 aliphatic heterocycles. The van der Waals surface area contributed by atoms with Crippen LogP contribution in [0.3, 0.4) is 0 Å². The van der Waals surface area contributed by atoms with Gasteiger partial charge in [-0.2, -0.15) is 5.10 Å². The molecule has 0 radical (unpaired) electrons. The molecule has 0 bridgehead atoms. The summed E-state index contributed by atoms with van der Waals surface area (Å²) in [6.45, 7) is 2.25. The molecule has 6 rings (SSSR count). The lowest BCUT2D eigenvalue weighted by Crippen LogP contribution is -2.39. The average molecular weight is 557 g/mol. The minimum absolute atomic E-state index is 0.0807. The maximum Gasteiger partial charge on any atom is 0.255 e. The third-order valence-corrected chi connectivity index (χ3v) is 8.84.